The van der Waals surface area contributed by atoms with Gasteiger partial charge < -0.3 is 9.84 Å². The highest BCUT2D eigenvalue weighted by atomic mass is 79.9. The molecule has 0 saturated carbocycles. The molecule has 2 atom stereocenters. The van der Waals surface area contributed by atoms with Crippen LogP contribution < -0.4 is 4.74 Å². The molecule has 1 saturated heterocycles. The fourth-order valence-electron chi connectivity index (χ4n) is 2.81. The third-order valence-electron chi connectivity index (χ3n) is 3.92. The lowest BCUT2D eigenvalue weighted by molar-refractivity contribution is 0.117. The van der Waals surface area contributed by atoms with Gasteiger partial charge >= 0.3 is 0 Å². The van der Waals surface area contributed by atoms with Gasteiger partial charge in [-0.3, -0.25) is 0 Å². The number of benzene rings is 1. The quantitative estimate of drug-likeness (QED) is 0.897. The van der Waals surface area contributed by atoms with Crippen molar-refractivity contribution in [3.63, 3.8) is 0 Å². The van der Waals surface area contributed by atoms with Crippen LogP contribution in [0.3, 0.4) is 0 Å². The fraction of sp³-hybridized carbons (Fsp3) is 0.571. The Kier molecular flexibility index (Phi) is 4.47. The van der Waals surface area contributed by atoms with Gasteiger partial charge in [0.1, 0.15) is 5.75 Å². The van der Waals surface area contributed by atoms with Gasteiger partial charge in [-0.05, 0) is 37.5 Å². The minimum Gasteiger partial charge on any atom is -0.496 e. The van der Waals surface area contributed by atoms with Crippen LogP contribution in [0.15, 0.2) is 10.5 Å². The number of sulfone groups is 1. The summed E-state index contributed by atoms with van der Waals surface area (Å²) in [5, 5.41) is 10.6. The van der Waals surface area contributed by atoms with E-state index in [-0.39, 0.29) is 17.4 Å². The van der Waals surface area contributed by atoms with Gasteiger partial charge in [0.05, 0.1) is 24.7 Å². The van der Waals surface area contributed by atoms with Gasteiger partial charge in [-0.25, -0.2) is 8.42 Å². The third-order valence-corrected chi connectivity index (χ3v) is 6.54. The molecule has 20 heavy (non-hydrogen) atoms. The lowest BCUT2D eigenvalue weighted by atomic mass is 9.90. The normalized spacial score (nSPS) is 22.8. The molecule has 1 aliphatic heterocycles. The van der Waals surface area contributed by atoms with Crippen molar-refractivity contribution in [1.29, 1.82) is 0 Å². The lowest BCUT2D eigenvalue weighted by Crippen LogP contribution is -2.17. The predicted octanol–water partition coefficient (Wildman–Crippen LogP) is 2.54. The summed E-state index contributed by atoms with van der Waals surface area (Å²) < 4.78 is 29.5. The summed E-state index contributed by atoms with van der Waals surface area (Å²) >= 11 is 3.47. The van der Waals surface area contributed by atoms with E-state index < -0.39 is 15.9 Å². The molecule has 1 heterocycles. The van der Waals surface area contributed by atoms with Crippen molar-refractivity contribution in [1.82, 2.24) is 0 Å². The van der Waals surface area contributed by atoms with E-state index in [4.69, 9.17) is 4.74 Å². The van der Waals surface area contributed by atoms with Crippen LogP contribution >= 0.6 is 15.9 Å². The van der Waals surface area contributed by atoms with E-state index in [1.54, 1.807) is 7.11 Å². The van der Waals surface area contributed by atoms with Crippen LogP contribution in [0.5, 0.6) is 5.75 Å². The monoisotopic (exact) mass is 362 g/mol. The van der Waals surface area contributed by atoms with Crippen LogP contribution in [-0.4, -0.2) is 32.1 Å². The summed E-state index contributed by atoms with van der Waals surface area (Å²) in [6.45, 7) is 3.80. The first-order chi connectivity index (χ1) is 9.26. The third kappa shape index (κ3) is 2.87. The zero-order chi connectivity index (χ0) is 15.1. The highest BCUT2D eigenvalue weighted by Gasteiger charge is 2.36. The van der Waals surface area contributed by atoms with Crippen molar-refractivity contribution in [2.24, 2.45) is 5.92 Å². The minimum absolute atomic E-state index is 0.0440. The molecule has 112 valence electrons. The second-order valence-corrected chi connectivity index (χ2v) is 8.44. The van der Waals surface area contributed by atoms with E-state index in [0.29, 0.717) is 17.7 Å². The Labute approximate surface area is 128 Å². The Morgan fingerprint density at radius 3 is 2.60 bits per heavy atom. The van der Waals surface area contributed by atoms with Crippen LogP contribution in [0.4, 0.5) is 0 Å². The molecular formula is C14H19BrO4S. The van der Waals surface area contributed by atoms with Gasteiger partial charge in [0.15, 0.2) is 9.84 Å². The molecule has 0 amide bonds. The van der Waals surface area contributed by atoms with Gasteiger partial charge in [-0.15, -0.1) is 0 Å². The first kappa shape index (κ1) is 15.8. The Balaban J connectivity index is 2.46. The van der Waals surface area contributed by atoms with Crippen LogP contribution in [0.1, 0.15) is 29.2 Å². The smallest absolute Gasteiger partial charge is 0.150 e. The van der Waals surface area contributed by atoms with Crippen molar-refractivity contribution < 1.29 is 18.3 Å². The maximum atomic E-state index is 11.6. The molecule has 1 N–H and O–H groups in total. The second kappa shape index (κ2) is 5.66. The molecular weight excluding hydrogens is 344 g/mol. The average molecular weight is 363 g/mol. The van der Waals surface area contributed by atoms with Crippen LogP contribution in [0.2, 0.25) is 0 Å². The molecule has 0 aliphatic carbocycles. The summed E-state index contributed by atoms with van der Waals surface area (Å²) in [4.78, 5) is 0. The molecule has 6 heteroatoms. The van der Waals surface area contributed by atoms with E-state index in [1.807, 2.05) is 19.9 Å². The van der Waals surface area contributed by atoms with Crippen LogP contribution in [0.25, 0.3) is 0 Å². The summed E-state index contributed by atoms with van der Waals surface area (Å²) in [6.07, 6.45) is -0.323. The van der Waals surface area contributed by atoms with Crippen LogP contribution in [0, 0.1) is 19.8 Å². The molecule has 1 aliphatic rings. The highest BCUT2D eigenvalue weighted by molar-refractivity contribution is 9.10. The molecule has 0 radical (unpaired) electrons. The first-order valence-electron chi connectivity index (χ1n) is 6.49. The van der Waals surface area contributed by atoms with E-state index in [0.717, 1.165) is 15.6 Å². The molecule has 0 spiro atoms. The minimum atomic E-state index is -3.01. The van der Waals surface area contributed by atoms with Crippen molar-refractivity contribution in [3.8, 4) is 5.75 Å². The maximum Gasteiger partial charge on any atom is 0.150 e. The van der Waals surface area contributed by atoms with Crippen LogP contribution in [-0.2, 0) is 9.84 Å². The molecule has 4 nitrogen and oxygen atoms in total. The summed E-state index contributed by atoms with van der Waals surface area (Å²) in [5.74, 6) is 0.578. The number of halogens is 1. The van der Waals surface area contributed by atoms with E-state index in [9.17, 15) is 13.5 Å². The molecule has 1 fully saturated rings. The van der Waals surface area contributed by atoms with E-state index in [1.165, 1.54) is 0 Å². The SMILES string of the molecule is COc1c(C)cc(Br)c(C)c1C(O)C1CCS(=O)(=O)C1. The number of aryl methyl sites for hydroxylation is 1. The molecule has 2 unspecified atom stereocenters. The second-order valence-electron chi connectivity index (χ2n) is 5.36. The number of aliphatic hydroxyl groups excluding tert-OH is 1. The number of rotatable bonds is 3. The van der Waals surface area contributed by atoms with Crippen molar-refractivity contribution >= 4 is 25.8 Å². The Hall–Kier alpha value is -0.590. The number of aliphatic hydroxyl groups is 1. The zero-order valence-electron chi connectivity index (χ0n) is 11.8. The Morgan fingerprint density at radius 1 is 1.45 bits per heavy atom. The van der Waals surface area contributed by atoms with E-state index >= 15 is 0 Å². The zero-order valence-corrected chi connectivity index (χ0v) is 14.2. The maximum absolute atomic E-state index is 11.6. The standard InChI is InChI=1S/C14H19BrO4S/c1-8-6-11(15)9(2)12(14(8)19-3)13(16)10-4-5-20(17,18)7-10/h6,10,13,16H,4-5,7H2,1-3H3. The molecule has 2 rings (SSSR count). The fourth-order valence-corrected chi connectivity index (χ4v) is 5.20. The van der Waals surface area contributed by atoms with Crippen molar-refractivity contribution in [2.75, 3.05) is 18.6 Å². The van der Waals surface area contributed by atoms with Gasteiger partial charge in [-0.2, -0.15) is 0 Å². The number of methoxy groups -OCH3 is 1. The van der Waals surface area contributed by atoms with Crippen molar-refractivity contribution in [2.45, 2.75) is 26.4 Å². The first-order valence-corrected chi connectivity index (χ1v) is 9.10. The van der Waals surface area contributed by atoms with Gasteiger partial charge in [-0.1, -0.05) is 15.9 Å². The van der Waals surface area contributed by atoms with Gasteiger partial charge in [0.25, 0.3) is 0 Å². The largest absolute Gasteiger partial charge is 0.496 e. The van der Waals surface area contributed by atoms with Crippen molar-refractivity contribution in [3.05, 3.63) is 27.2 Å². The average Bonchev–Trinajstić information content (AvgIpc) is 2.73. The Morgan fingerprint density at radius 2 is 2.10 bits per heavy atom. The van der Waals surface area contributed by atoms with E-state index in [2.05, 4.69) is 15.9 Å². The predicted molar refractivity (Wildman–Crippen MR) is 81.9 cm³/mol. The summed E-state index contributed by atoms with van der Waals surface area (Å²) in [6, 6.07) is 1.94. The number of hydrogen-bond acceptors (Lipinski definition) is 4. The molecule has 1 aromatic carbocycles. The van der Waals surface area contributed by atoms with Gasteiger partial charge in [0, 0.05) is 16.0 Å². The molecule has 1 aromatic rings. The lowest BCUT2D eigenvalue weighted by Gasteiger charge is -2.23. The summed E-state index contributed by atoms with van der Waals surface area (Å²) in [7, 11) is -1.45. The summed E-state index contributed by atoms with van der Waals surface area (Å²) in [5.41, 5.74) is 2.51. The number of hydrogen-bond donors (Lipinski definition) is 1. The Bertz CT molecular complexity index is 625. The topological polar surface area (TPSA) is 63.6 Å². The molecule has 0 bridgehead atoms. The molecule has 0 aromatic heterocycles. The highest BCUT2D eigenvalue weighted by Crippen LogP contribution is 2.41. The van der Waals surface area contributed by atoms with Gasteiger partial charge in [0.2, 0.25) is 0 Å². The number of ether oxygens (including phenoxy) is 1.